The van der Waals surface area contributed by atoms with Crippen molar-refractivity contribution in [2.45, 2.75) is 46.1 Å². The molecule has 2 heteroatoms. The SMILES string of the molecule is CC1=CC2C(=CC(=O)OC(C)(C)C)CC2C1. The number of carbonyl (C=O) groups is 1. The Hall–Kier alpha value is -1.05. The van der Waals surface area contributed by atoms with Gasteiger partial charge in [-0.3, -0.25) is 0 Å². The number of fused-ring (bicyclic) bond motifs is 1. The molecule has 2 nitrogen and oxygen atoms in total. The predicted octanol–water partition coefficient (Wildman–Crippen LogP) is 3.24. The van der Waals surface area contributed by atoms with Crippen LogP contribution in [0.2, 0.25) is 0 Å². The van der Waals surface area contributed by atoms with Gasteiger partial charge in [-0.1, -0.05) is 17.2 Å². The van der Waals surface area contributed by atoms with Crippen molar-refractivity contribution in [2.75, 3.05) is 0 Å². The van der Waals surface area contributed by atoms with Crippen LogP contribution in [0.5, 0.6) is 0 Å². The molecule has 2 unspecified atom stereocenters. The lowest BCUT2D eigenvalue weighted by atomic mass is 9.71. The highest BCUT2D eigenvalue weighted by Gasteiger charge is 2.38. The van der Waals surface area contributed by atoms with E-state index in [0.717, 1.165) is 12.3 Å². The average molecular weight is 220 g/mol. The molecule has 0 amide bonds. The summed E-state index contributed by atoms with van der Waals surface area (Å²) < 4.78 is 5.28. The first-order valence-electron chi connectivity index (χ1n) is 5.96. The Labute approximate surface area is 97.4 Å². The quantitative estimate of drug-likeness (QED) is 0.385. The highest BCUT2D eigenvalue weighted by Crippen LogP contribution is 2.49. The van der Waals surface area contributed by atoms with Gasteiger partial charge in [0.1, 0.15) is 5.60 Å². The summed E-state index contributed by atoms with van der Waals surface area (Å²) in [5.41, 5.74) is 2.32. The van der Waals surface area contributed by atoms with Crippen molar-refractivity contribution in [3.8, 4) is 0 Å². The number of hydrogen-bond donors (Lipinski definition) is 0. The first kappa shape index (κ1) is 11.4. The molecule has 0 saturated heterocycles. The molecule has 0 aliphatic heterocycles. The third-order valence-corrected chi connectivity index (χ3v) is 3.19. The van der Waals surface area contributed by atoms with E-state index in [1.807, 2.05) is 20.8 Å². The molecule has 16 heavy (non-hydrogen) atoms. The minimum absolute atomic E-state index is 0.195. The second-order valence-electron chi connectivity index (χ2n) is 5.96. The van der Waals surface area contributed by atoms with Gasteiger partial charge in [-0.05, 0) is 46.5 Å². The monoisotopic (exact) mass is 220 g/mol. The van der Waals surface area contributed by atoms with Gasteiger partial charge in [0.15, 0.2) is 0 Å². The van der Waals surface area contributed by atoms with E-state index >= 15 is 0 Å². The van der Waals surface area contributed by atoms with E-state index in [2.05, 4.69) is 13.0 Å². The Morgan fingerprint density at radius 3 is 2.69 bits per heavy atom. The Kier molecular flexibility index (Phi) is 2.69. The molecule has 2 rings (SSSR count). The van der Waals surface area contributed by atoms with Crippen LogP contribution in [0.1, 0.15) is 40.5 Å². The van der Waals surface area contributed by atoms with Crippen LogP contribution in [-0.2, 0) is 9.53 Å². The Bertz CT molecular complexity index is 369. The van der Waals surface area contributed by atoms with Crippen LogP contribution in [0.15, 0.2) is 23.3 Å². The number of carbonyl (C=O) groups excluding carboxylic acids is 1. The van der Waals surface area contributed by atoms with E-state index < -0.39 is 5.60 Å². The molecule has 0 spiro atoms. The standard InChI is InChI=1S/C14H20O2/c1-9-5-10-7-11(12(10)6-9)8-13(15)16-14(2,3)4/h6,8,10,12H,5,7H2,1-4H3. The van der Waals surface area contributed by atoms with Crippen molar-refractivity contribution < 1.29 is 9.53 Å². The maximum absolute atomic E-state index is 11.6. The molecule has 0 aromatic heterocycles. The molecule has 1 saturated carbocycles. The van der Waals surface area contributed by atoms with Crippen molar-refractivity contribution in [2.24, 2.45) is 11.8 Å². The summed E-state index contributed by atoms with van der Waals surface area (Å²) in [6.45, 7) is 7.86. The maximum Gasteiger partial charge on any atom is 0.331 e. The molecule has 2 atom stereocenters. The lowest BCUT2D eigenvalue weighted by Crippen LogP contribution is -2.27. The number of rotatable bonds is 1. The zero-order chi connectivity index (χ0) is 11.9. The van der Waals surface area contributed by atoms with Crippen LogP contribution in [-0.4, -0.2) is 11.6 Å². The molecular weight excluding hydrogens is 200 g/mol. The van der Waals surface area contributed by atoms with Crippen molar-refractivity contribution in [3.63, 3.8) is 0 Å². The topological polar surface area (TPSA) is 26.3 Å². The average Bonchev–Trinajstić information content (AvgIpc) is 2.36. The summed E-state index contributed by atoms with van der Waals surface area (Å²) in [4.78, 5) is 11.6. The van der Waals surface area contributed by atoms with E-state index in [-0.39, 0.29) is 5.97 Å². The van der Waals surface area contributed by atoms with Crippen molar-refractivity contribution >= 4 is 5.97 Å². The molecule has 0 heterocycles. The third kappa shape index (κ3) is 2.37. The second-order valence-corrected chi connectivity index (χ2v) is 5.96. The number of allylic oxidation sites excluding steroid dienone is 3. The summed E-state index contributed by atoms with van der Waals surface area (Å²) in [6, 6.07) is 0. The van der Waals surface area contributed by atoms with Crippen LogP contribution < -0.4 is 0 Å². The van der Waals surface area contributed by atoms with Crippen LogP contribution in [0.4, 0.5) is 0 Å². The third-order valence-electron chi connectivity index (χ3n) is 3.19. The van der Waals surface area contributed by atoms with Gasteiger partial charge < -0.3 is 4.74 Å². The summed E-state index contributed by atoms with van der Waals surface area (Å²) >= 11 is 0. The second kappa shape index (κ2) is 3.76. The molecule has 88 valence electrons. The zero-order valence-electron chi connectivity index (χ0n) is 10.5. The molecule has 2 aliphatic carbocycles. The molecule has 0 N–H and O–H groups in total. The minimum atomic E-state index is -0.390. The number of esters is 1. The Morgan fingerprint density at radius 1 is 1.44 bits per heavy atom. The molecule has 0 radical (unpaired) electrons. The summed E-state index contributed by atoms with van der Waals surface area (Å²) in [5.74, 6) is 1.08. The highest BCUT2D eigenvalue weighted by atomic mass is 16.6. The number of hydrogen-bond acceptors (Lipinski definition) is 2. The lowest BCUT2D eigenvalue weighted by molar-refractivity contribution is -0.148. The molecular formula is C14H20O2. The maximum atomic E-state index is 11.6. The Balaban J connectivity index is 1.97. The van der Waals surface area contributed by atoms with Crippen LogP contribution in [0.25, 0.3) is 0 Å². The molecule has 0 aromatic carbocycles. The molecule has 0 bridgehead atoms. The van der Waals surface area contributed by atoms with Gasteiger partial charge in [0, 0.05) is 12.0 Å². The van der Waals surface area contributed by atoms with E-state index in [1.54, 1.807) is 6.08 Å². The fraction of sp³-hybridized carbons (Fsp3) is 0.643. The first-order chi connectivity index (χ1) is 7.35. The van der Waals surface area contributed by atoms with Crippen molar-refractivity contribution in [1.82, 2.24) is 0 Å². The van der Waals surface area contributed by atoms with E-state index in [4.69, 9.17) is 4.74 Å². The van der Waals surface area contributed by atoms with Gasteiger partial charge in [0.25, 0.3) is 0 Å². The smallest absolute Gasteiger partial charge is 0.331 e. The normalized spacial score (nSPS) is 30.8. The van der Waals surface area contributed by atoms with E-state index in [1.165, 1.54) is 17.6 Å². The first-order valence-corrected chi connectivity index (χ1v) is 5.96. The molecule has 0 aromatic rings. The largest absolute Gasteiger partial charge is 0.457 e. The number of ether oxygens (including phenoxy) is 1. The zero-order valence-corrected chi connectivity index (χ0v) is 10.5. The lowest BCUT2D eigenvalue weighted by Gasteiger charge is -2.33. The highest BCUT2D eigenvalue weighted by molar-refractivity contribution is 5.83. The van der Waals surface area contributed by atoms with Crippen LogP contribution in [0.3, 0.4) is 0 Å². The summed E-state index contributed by atoms with van der Waals surface area (Å²) in [7, 11) is 0. The fourth-order valence-electron chi connectivity index (χ4n) is 2.58. The Morgan fingerprint density at radius 2 is 2.12 bits per heavy atom. The molecule has 2 aliphatic rings. The minimum Gasteiger partial charge on any atom is -0.457 e. The van der Waals surface area contributed by atoms with Gasteiger partial charge in [-0.15, -0.1) is 0 Å². The van der Waals surface area contributed by atoms with Crippen LogP contribution >= 0.6 is 0 Å². The summed E-state index contributed by atoms with van der Waals surface area (Å²) in [6.07, 6.45) is 6.26. The summed E-state index contributed by atoms with van der Waals surface area (Å²) in [5, 5.41) is 0. The van der Waals surface area contributed by atoms with Gasteiger partial charge in [0.2, 0.25) is 0 Å². The van der Waals surface area contributed by atoms with Gasteiger partial charge >= 0.3 is 5.97 Å². The fourth-order valence-corrected chi connectivity index (χ4v) is 2.58. The van der Waals surface area contributed by atoms with Crippen LogP contribution in [0, 0.1) is 11.8 Å². The van der Waals surface area contributed by atoms with Gasteiger partial charge in [-0.25, -0.2) is 4.79 Å². The molecule has 1 fully saturated rings. The van der Waals surface area contributed by atoms with Gasteiger partial charge in [0.05, 0.1) is 0 Å². The predicted molar refractivity (Wildman–Crippen MR) is 63.9 cm³/mol. The van der Waals surface area contributed by atoms with E-state index in [0.29, 0.717) is 5.92 Å². The van der Waals surface area contributed by atoms with Crippen molar-refractivity contribution in [1.29, 1.82) is 0 Å². The van der Waals surface area contributed by atoms with Crippen molar-refractivity contribution in [3.05, 3.63) is 23.3 Å². The van der Waals surface area contributed by atoms with Gasteiger partial charge in [-0.2, -0.15) is 0 Å². The van der Waals surface area contributed by atoms with E-state index in [9.17, 15) is 4.79 Å².